The number of hydrogen-bond acceptors (Lipinski definition) is 4. The Hall–Kier alpha value is -3.03. The van der Waals surface area contributed by atoms with E-state index in [1.165, 1.54) is 6.07 Å². The molecule has 2 aromatic rings. The molecule has 2 rings (SSSR count). The number of rotatable bonds is 6. The monoisotopic (exact) mass is 352 g/mol. The van der Waals surface area contributed by atoms with Crippen LogP contribution in [0.1, 0.15) is 10.4 Å². The van der Waals surface area contributed by atoms with Crippen molar-refractivity contribution in [2.45, 2.75) is 6.18 Å². The average Bonchev–Trinajstić information content (AvgIpc) is 2.58. The van der Waals surface area contributed by atoms with E-state index in [2.05, 4.69) is 5.32 Å². The maximum Gasteiger partial charge on any atom is 0.405 e. The first-order valence-corrected chi connectivity index (χ1v) is 7.27. The van der Waals surface area contributed by atoms with Crippen LogP contribution < -0.4 is 10.6 Å². The van der Waals surface area contributed by atoms with E-state index in [9.17, 15) is 22.8 Å². The van der Waals surface area contributed by atoms with Crippen LogP contribution in [-0.2, 0) is 9.53 Å². The van der Waals surface area contributed by atoms with Crippen molar-refractivity contribution in [3.8, 4) is 0 Å². The highest BCUT2D eigenvalue weighted by atomic mass is 19.4. The van der Waals surface area contributed by atoms with Gasteiger partial charge >= 0.3 is 12.1 Å². The summed E-state index contributed by atoms with van der Waals surface area (Å²) in [5, 5.41) is 4.66. The van der Waals surface area contributed by atoms with E-state index < -0.39 is 31.2 Å². The molecule has 0 spiro atoms. The summed E-state index contributed by atoms with van der Waals surface area (Å²) in [7, 11) is 0. The number of halogens is 3. The second-order valence-corrected chi connectivity index (χ2v) is 5.00. The first kappa shape index (κ1) is 18.3. The van der Waals surface area contributed by atoms with Gasteiger partial charge in [0.1, 0.15) is 6.54 Å². The third kappa shape index (κ3) is 6.17. The maximum absolute atomic E-state index is 12.1. The Morgan fingerprint density at radius 3 is 2.28 bits per heavy atom. The molecule has 0 heterocycles. The van der Waals surface area contributed by atoms with E-state index in [1.54, 1.807) is 35.6 Å². The van der Waals surface area contributed by atoms with Crippen LogP contribution in [0.15, 0.2) is 54.6 Å². The summed E-state index contributed by atoms with van der Waals surface area (Å²) in [4.78, 5) is 23.4. The van der Waals surface area contributed by atoms with E-state index in [-0.39, 0.29) is 5.56 Å². The van der Waals surface area contributed by atoms with Crippen molar-refractivity contribution in [3.63, 3.8) is 0 Å². The van der Waals surface area contributed by atoms with Gasteiger partial charge in [0.15, 0.2) is 6.61 Å². The number of amides is 1. The molecule has 0 aliphatic heterocycles. The molecule has 132 valence electrons. The lowest BCUT2D eigenvalue weighted by Crippen LogP contribution is -2.36. The summed E-state index contributed by atoms with van der Waals surface area (Å²) in [5.74, 6) is -1.85. The van der Waals surface area contributed by atoms with Crippen LogP contribution in [0.4, 0.5) is 24.5 Å². The lowest BCUT2D eigenvalue weighted by Gasteiger charge is -2.12. The first-order chi connectivity index (χ1) is 11.8. The maximum atomic E-state index is 12.1. The molecule has 0 unspecified atom stereocenters. The number of carbonyl (C=O) groups is 2. The molecule has 0 saturated heterocycles. The van der Waals surface area contributed by atoms with E-state index in [0.29, 0.717) is 5.69 Å². The topological polar surface area (TPSA) is 67.4 Å². The van der Waals surface area contributed by atoms with Gasteiger partial charge in [-0.15, -0.1) is 0 Å². The highest BCUT2D eigenvalue weighted by Gasteiger charge is 2.27. The Morgan fingerprint density at radius 1 is 0.960 bits per heavy atom. The zero-order valence-electron chi connectivity index (χ0n) is 13.0. The Kier molecular flexibility index (Phi) is 5.99. The van der Waals surface area contributed by atoms with Crippen LogP contribution in [0.3, 0.4) is 0 Å². The summed E-state index contributed by atoms with van der Waals surface area (Å²) < 4.78 is 40.8. The molecule has 0 aromatic heterocycles. The standard InChI is InChI=1S/C17H15F3N2O3/c18-17(19,20)11-21-15(23)10-25-16(24)13-8-4-5-9-14(13)22-12-6-2-1-3-7-12/h1-9,22H,10-11H2,(H,21,23). The minimum absolute atomic E-state index is 0.162. The van der Waals surface area contributed by atoms with Crippen molar-refractivity contribution in [2.75, 3.05) is 18.5 Å². The van der Waals surface area contributed by atoms with Gasteiger partial charge in [-0.25, -0.2) is 4.79 Å². The Morgan fingerprint density at radius 2 is 1.60 bits per heavy atom. The number of anilines is 2. The fourth-order valence-corrected chi connectivity index (χ4v) is 1.91. The lowest BCUT2D eigenvalue weighted by molar-refractivity contribution is -0.140. The zero-order chi connectivity index (χ0) is 18.3. The molecule has 25 heavy (non-hydrogen) atoms. The van der Waals surface area contributed by atoms with Gasteiger partial charge < -0.3 is 15.4 Å². The molecule has 0 aliphatic rings. The van der Waals surface area contributed by atoms with Crippen molar-refractivity contribution in [2.24, 2.45) is 0 Å². The van der Waals surface area contributed by atoms with Crippen LogP contribution in [0.5, 0.6) is 0 Å². The molecule has 1 amide bonds. The highest BCUT2D eigenvalue weighted by Crippen LogP contribution is 2.21. The van der Waals surface area contributed by atoms with Gasteiger partial charge in [-0.3, -0.25) is 4.79 Å². The quantitative estimate of drug-likeness (QED) is 0.783. The number of carbonyl (C=O) groups excluding carboxylic acids is 2. The summed E-state index contributed by atoms with van der Waals surface area (Å²) in [5.41, 5.74) is 1.36. The zero-order valence-corrected chi connectivity index (χ0v) is 13.0. The van der Waals surface area contributed by atoms with Gasteiger partial charge in [0.2, 0.25) is 0 Å². The van der Waals surface area contributed by atoms with Crippen molar-refractivity contribution in [1.82, 2.24) is 5.32 Å². The molecule has 0 aliphatic carbocycles. The van der Waals surface area contributed by atoms with Crippen molar-refractivity contribution >= 4 is 23.3 Å². The molecule has 5 nitrogen and oxygen atoms in total. The number of ether oxygens (including phenoxy) is 1. The van der Waals surface area contributed by atoms with Gasteiger partial charge in [0.05, 0.1) is 11.3 Å². The molecule has 0 radical (unpaired) electrons. The van der Waals surface area contributed by atoms with Crippen LogP contribution in [0, 0.1) is 0 Å². The van der Waals surface area contributed by atoms with Crippen molar-refractivity contribution in [3.05, 3.63) is 60.2 Å². The van der Waals surface area contributed by atoms with Crippen molar-refractivity contribution in [1.29, 1.82) is 0 Å². The number of hydrogen-bond donors (Lipinski definition) is 2. The van der Waals surface area contributed by atoms with Gasteiger partial charge in [0, 0.05) is 5.69 Å². The molecule has 2 N–H and O–H groups in total. The Bertz CT molecular complexity index is 733. The fraction of sp³-hybridized carbons (Fsp3) is 0.176. The molecular formula is C17H15F3N2O3. The third-order valence-electron chi connectivity index (χ3n) is 3.02. The van der Waals surface area contributed by atoms with Gasteiger partial charge in [-0.2, -0.15) is 13.2 Å². The SMILES string of the molecule is O=C(COC(=O)c1ccccc1Nc1ccccc1)NCC(F)(F)F. The minimum Gasteiger partial charge on any atom is -0.452 e. The molecule has 2 aromatic carbocycles. The number of benzene rings is 2. The van der Waals surface area contributed by atoms with Crippen molar-refractivity contribution < 1.29 is 27.5 Å². The smallest absolute Gasteiger partial charge is 0.405 e. The summed E-state index contributed by atoms with van der Waals surface area (Å²) >= 11 is 0. The third-order valence-corrected chi connectivity index (χ3v) is 3.02. The first-order valence-electron chi connectivity index (χ1n) is 7.27. The van der Waals surface area contributed by atoms with Crippen LogP contribution >= 0.6 is 0 Å². The molecular weight excluding hydrogens is 337 g/mol. The highest BCUT2D eigenvalue weighted by molar-refractivity contribution is 5.97. The molecule has 0 atom stereocenters. The Balaban J connectivity index is 1.97. The summed E-state index contributed by atoms with van der Waals surface area (Å²) in [6, 6.07) is 15.5. The van der Waals surface area contributed by atoms with Gasteiger partial charge in [-0.1, -0.05) is 30.3 Å². The molecule has 0 fully saturated rings. The predicted molar refractivity (Wildman–Crippen MR) is 85.5 cm³/mol. The molecule has 8 heteroatoms. The number of esters is 1. The minimum atomic E-state index is -4.52. The Labute approximate surface area is 141 Å². The van der Waals surface area contributed by atoms with Crippen LogP contribution in [0.25, 0.3) is 0 Å². The number of para-hydroxylation sites is 2. The normalized spacial score (nSPS) is 10.8. The second-order valence-electron chi connectivity index (χ2n) is 5.00. The largest absolute Gasteiger partial charge is 0.452 e. The molecule has 0 saturated carbocycles. The van der Waals surface area contributed by atoms with E-state index >= 15 is 0 Å². The van der Waals surface area contributed by atoms with Gasteiger partial charge in [0.25, 0.3) is 5.91 Å². The molecule has 0 bridgehead atoms. The summed E-state index contributed by atoms with van der Waals surface area (Å²) in [6.45, 7) is -2.27. The second kappa shape index (κ2) is 8.18. The lowest BCUT2D eigenvalue weighted by atomic mass is 10.1. The van der Waals surface area contributed by atoms with E-state index in [1.807, 2.05) is 18.2 Å². The summed E-state index contributed by atoms with van der Waals surface area (Å²) in [6.07, 6.45) is -4.52. The fourth-order valence-electron chi connectivity index (χ4n) is 1.91. The average molecular weight is 352 g/mol. The van der Waals surface area contributed by atoms with Crippen LogP contribution in [0.2, 0.25) is 0 Å². The number of alkyl halides is 3. The number of nitrogens with one attached hydrogen (secondary N) is 2. The van der Waals surface area contributed by atoms with E-state index in [4.69, 9.17) is 4.74 Å². The predicted octanol–water partition coefficient (Wildman–Crippen LogP) is 3.27. The van der Waals surface area contributed by atoms with E-state index in [0.717, 1.165) is 5.69 Å². The van der Waals surface area contributed by atoms with Gasteiger partial charge in [-0.05, 0) is 24.3 Å². The van der Waals surface area contributed by atoms with Crippen LogP contribution in [-0.4, -0.2) is 31.2 Å².